The lowest BCUT2D eigenvalue weighted by Gasteiger charge is -2.13. The monoisotopic (exact) mass is 489 g/mol. The van der Waals surface area contributed by atoms with Crippen LogP contribution in [0.3, 0.4) is 0 Å². The number of pyridine rings is 1. The van der Waals surface area contributed by atoms with Crippen molar-refractivity contribution >= 4 is 46.4 Å². The molecule has 0 unspecified atom stereocenters. The molecule has 166 valence electrons. The Labute approximate surface area is 204 Å². The topological polar surface area (TPSA) is 149 Å². The SMILES string of the molecule is N#CC(=NN(N=C(C#N)c1ccccc1Cl)C(=O)c1cccc(C(N)=O)n1)c1ccccc1Cl. The van der Waals surface area contributed by atoms with E-state index in [2.05, 4.69) is 15.2 Å². The Morgan fingerprint density at radius 3 is 1.71 bits per heavy atom. The summed E-state index contributed by atoms with van der Waals surface area (Å²) in [6.45, 7) is 0. The van der Waals surface area contributed by atoms with Gasteiger partial charge in [0.25, 0.3) is 5.91 Å². The Morgan fingerprint density at radius 1 is 0.794 bits per heavy atom. The molecular formula is C23H13Cl2N7O2. The average molecular weight is 490 g/mol. The van der Waals surface area contributed by atoms with E-state index in [0.29, 0.717) is 5.12 Å². The Hall–Kier alpha value is -4.57. The Morgan fingerprint density at radius 2 is 1.26 bits per heavy atom. The largest absolute Gasteiger partial charge is 0.364 e. The second-order valence-electron chi connectivity index (χ2n) is 6.45. The van der Waals surface area contributed by atoms with E-state index in [1.807, 2.05) is 12.1 Å². The van der Waals surface area contributed by atoms with E-state index in [4.69, 9.17) is 28.9 Å². The number of hydrogen-bond acceptors (Lipinski definition) is 7. The van der Waals surface area contributed by atoms with Crippen LogP contribution in [0.2, 0.25) is 10.0 Å². The summed E-state index contributed by atoms with van der Waals surface area (Å²) >= 11 is 12.4. The van der Waals surface area contributed by atoms with Crippen LogP contribution >= 0.6 is 23.2 Å². The number of nitrogens with zero attached hydrogens (tertiary/aromatic N) is 6. The van der Waals surface area contributed by atoms with Gasteiger partial charge in [0.05, 0.1) is 10.0 Å². The maximum absolute atomic E-state index is 13.3. The number of amides is 2. The van der Waals surface area contributed by atoms with Gasteiger partial charge in [-0.05, 0) is 24.3 Å². The van der Waals surface area contributed by atoms with Crippen LogP contribution in [-0.4, -0.2) is 33.3 Å². The van der Waals surface area contributed by atoms with Gasteiger partial charge in [0.15, 0.2) is 11.4 Å². The summed E-state index contributed by atoms with van der Waals surface area (Å²) in [7, 11) is 0. The van der Waals surface area contributed by atoms with Crippen LogP contribution in [0.5, 0.6) is 0 Å². The molecule has 0 atom stereocenters. The standard InChI is InChI=1S/C23H13Cl2N7O2/c24-16-8-3-1-6-14(16)20(12-26)30-32(23(34)19-11-5-10-18(29-19)22(28)33)31-21(13-27)15-7-2-4-9-17(15)25/h1-11H,(H2,28,33). The molecule has 1 aromatic heterocycles. The number of primary amides is 1. The molecule has 0 aliphatic carbocycles. The van der Waals surface area contributed by atoms with E-state index in [1.54, 1.807) is 36.4 Å². The fourth-order valence-corrected chi connectivity index (χ4v) is 3.13. The summed E-state index contributed by atoms with van der Waals surface area (Å²) < 4.78 is 0. The Kier molecular flexibility index (Phi) is 7.67. The minimum absolute atomic E-state index is 0.169. The number of nitriles is 2. The van der Waals surface area contributed by atoms with Crippen molar-refractivity contribution < 1.29 is 9.59 Å². The maximum atomic E-state index is 13.3. The van der Waals surface area contributed by atoms with E-state index in [0.717, 1.165) is 0 Å². The van der Waals surface area contributed by atoms with Crippen LogP contribution in [0.15, 0.2) is 76.9 Å². The molecule has 9 nitrogen and oxygen atoms in total. The predicted octanol–water partition coefficient (Wildman–Crippen LogP) is 3.79. The van der Waals surface area contributed by atoms with Gasteiger partial charge < -0.3 is 5.73 Å². The van der Waals surface area contributed by atoms with Gasteiger partial charge in [-0.1, -0.05) is 65.7 Å². The number of rotatable bonds is 6. The predicted molar refractivity (Wildman–Crippen MR) is 126 cm³/mol. The van der Waals surface area contributed by atoms with Gasteiger partial charge in [-0.15, -0.1) is 15.3 Å². The van der Waals surface area contributed by atoms with Crippen LogP contribution in [0.4, 0.5) is 0 Å². The molecule has 0 saturated carbocycles. The smallest absolute Gasteiger partial charge is 0.313 e. The number of halogens is 2. The molecular weight excluding hydrogens is 477 g/mol. The second kappa shape index (κ2) is 10.8. The van der Waals surface area contributed by atoms with Crippen LogP contribution in [0.25, 0.3) is 0 Å². The molecule has 11 heteroatoms. The number of carbonyl (C=O) groups is 2. The molecule has 3 aromatic rings. The summed E-state index contributed by atoms with van der Waals surface area (Å²) in [6.07, 6.45) is 0. The fraction of sp³-hybridized carbons (Fsp3) is 0. The Bertz CT molecular complexity index is 1350. The third-order valence-corrected chi connectivity index (χ3v) is 4.92. The summed E-state index contributed by atoms with van der Waals surface area (Å²) in [5.74, 6) is -1.79. The molecule has 0 aliphatic heterocycles. The highest BCUT2D eigenvalue weighted by Gasteiger charge is 2.22. The summed E-state index contributed by atoms with van der Waals surface area (Å²) in [6, 6.07) is 20.5. The number of hydrazone groups is 2. The van der Waals surface area contributed by atoms with Gasteiger partial charge in [0.2, 0.25) is 0 Å². The fourth-order valence-electron chi connectivity index (χ4n) is 2.68. The minimum Gasteiger partial charge on any atom is -0.364 e. The van der Waals surface area contributed by atoms with E-state index in [9.17, 15) is 20.1 Å². The molecule has 2 amide bonds. The first-order chi connectivity index (χ1) is 16.3. The highest BCUT2D eigenvalue weighted by atomic mass is 35.5. The van der Waals surface area contributed by atoms with Crippen molar-refractivity contribution in [2.24, 2.45) is 15.9 Å². The van der Waals surface area contributed by atoms with Crippen molar-refractivity contribution in [3.8, 4) is 12.1 Å². The highest BCUT2D eigenvalue weighted by molar-refractivity contribution is 6.36. The molecule has 0 aliphatic rings. The summed E-state index contributed by atoms with van der Waals surface area (Å²) in [4.78, 5) is 28.7. The molecule has 1 heterocycles. The number of benzene rings is 2. The number of nitrogens with two attached hydrogens (primary N) is 1. The Balaban J connectivity index is 2.20. The molecule has 2 N–H and O–H groups in total. The molecule has 2 aromatic carbocycles. The summed E-state index contributed by atoms with van der Waals surface area (Å²) in [5.41, 5.74) is 4.77. The van der Waals surface area contributed by atoms with Crippen molar-refractivity contribution in [2.45, 2.75) is 0 Å². The molecule has 34 heavy (non-hydrogen) atoms. The van der Waals surface area contributed by atoms with Gasteiger partial charge in [0, 0.05) is 11.1 Å². The average Bonchev–Trinajstić information content (AvgIpc) is 2.85. The first-order valence-corrected chi connectivity index (χ1v) is 10.2. The van der Waals surface area contributed by atoms with Gasteiger partial charge in [-0.2, -0.15) is 10.5 Å². The van der Waals surface area contributed by atoms with Crippen LogP contribution < -0.4 is 5.73 Å². The molecule has 0 fully saturated rings. The molecule has 3 rings (SSSR count). The quantitative estimate of drug-likeness (QED) is 0.412. The van der Waals surface area contributed by atoms with Crippen molar-refractivity contribution in [3.05, 3.63) is 99.3 Å². The molecule has 0 radical (unpaired) electrons. The maximum Gasteiger partial charge on any atom is 0.313 e. The third kappa shape index (κ3) is 5.43. The normalized spacial score (nSPS) is 11.3. The van der Waals surface area contributed by atoms with Crippen LogP contribution in [-0.2, 0) is 0 Å². The van der Waals surface area contributed by atoms with Gasteiger partial charge >= 0.3 is 5.91 Å². The molecule has 0 saturated heterocycles. The lowest BCUT2D eigenvalue weighted by atomic mass is 10.1. The van der Waals surface area contributed by atoms with Crippen LogP contribution in [0.1, 0.15) is 32.1 Å². The van der Waals surface area contributed by atoms with E-state index < -0.39 is 11.8 Å². The van der Waals surface area contributed by atoms with Gasteiger partial charge in [0.1, 0.15) is 23.5 Å². The van der Waals surface area contributed by atoms with Crippen molar-refractivity contribution in [1.29, 1.82) is 10.5 Å². The van der Waals surface area contributed by atoms with Gasteiger partial charge in [-0.3, -0.25) is 9.59 Å². The minimum atomic E-state index is -0.942. The first-order valence-electron chi connectivity index (χ1n) is 9.44. The van der Waals surface area contributed by atoms with Crippen LogP contribution in [0, 0.1) is 22.7 Å². The zero-order valence-electron chi connectivity index (χ0n) is 17.2. The molecule has 0 spiro atoms. The third-order valence-electron chi connectivity index (χ3n) is 4.26. The van der Waals surface area contributed by atoms with Crippen molar-refractivity contribution in [2.75, 3.05) is 0 Å². The van der Waals surface area contributed by atoms with Crippen molar-refractivity contribution in [3.63, 3.8) is 0 Å². The molecule has 0 bridgehead atoms. The zero-order chi connectivity index (χ0) is 24.7. The number of carbonyl (C=O) groups excluding carboxylic acids is 2. The summed E-state index contributed by atoms with van der Waals surface area (Å²) in [5, 5.41) is 28.4. The number of aromatic nitrogens is 1. The second-order valence-corrected chi connectivity index (χ2v) is 7.26. The lowest BCUT2D eigenvalue weighted by Crippen LogP contribution is -2.26. The number of hydrogen-bond donors (Lipinski definition) is 1. The zero-order valence-corrected chi connectivity index (χ0v) is 18.7. The van der Waals surface area contributed by atoms with E-state index in [1.165, 1.54) is 30.3 Å². The lowest BCUT2D eigenvalue weighted by molar-refractivity contribution is 0.0760. The highest BCUT2D eigenvalue weighted by Crippen LogP contribution is 2.19. The van der Waals surface area contributed by atoms with Crippen molar-refractivity contribution in [1.82, 2.24) is 10.1 Å². The van der Waals surface area contributed by atoms with E-state index >= 15 is 0 Å². The van der Waals surface area contributed by atoms with E-state index in [-0.39, 0.29) is 44.0 Å². The first kappa shape index (κ1) is 24.1. The van der Waals surface area contributed by atoms with Gasteiger partial charge in [-0.25, -0.2) is 4.98 Å².